The van der Waals surface area contributed by atoms with E-state index in [0.29, 0.717) is 36.3 Å². The van der Waals surface area contributed by atoms with E-state index in [4.69, 9.17) is 26.8 Å². The summed E-state index contributed by atoms with van der Waals surface area (Å²) in [6.45, 7) is 1.35. The molecule has 0 unspecified atom stereocenters. The van der Waals surface area contributed by atoms with Crippen molar-refractivity contribution in [2.45, 2.75) is 6.61 Å². The highest BCUT2D eigenvalue weighted by Crippen LogP contribution is 2.35. The van der Waals surface area contributed by atoms with Crippen molar-refractivity contribution >= 4 is 24.0 Å². The van der Waals surface area contributed by atoms with Crippen LogP contribution in [0.15, 0.2) is 72.8 Å². The first-order chi connectivity index (χ1) is 12.3. The Morgan fingerprint density at radius 1 is 0.808 bits per heavy atom. The molecule has 3 aromatic rings. The van der Waals surface area contributed by atoms with E-state index in [0.717, 1.165) is 16.7 Å². The van der Waals surface area contributed by atoms with Gasteiger partial charge in [-0.25, -0.2) is 0 Å². The van der Waals surface area contributed by atoms with Crippen molar-refractivity contribution in [2.75, 3.05) is 13.2 Å². The maximum atomic E-state index is 6.32. The van der Waals surface area contributed by atoms with Gasteiger partial charge in [0.15, 0.2) is 11.5 Å². The van der Waals surface area contributed by atoms with Crippen molar-refractivity contribution in [1.82, 2.24) is 0 Å². The molecule has 2 N–H and O–H groups in total. The summed E-state index contributed by atoms with van der Waals surface area (Å²) < 4.78 is 11.7. The summed E-state index contributed by atoms with van der Waals surface area (Å²) in [7, 11) is 0. The summed E-state index contributed by atoms with van der Waals surface area (Å²) >= 11 is 6.32. The molecule has 0 atom stereocenters. The summed E-state index contributed by atoms with van der Waals surface area (Å²) in [5.41, 5.74) is 8.58. The van der Waals surface area contributed by atoms with E-state index >= 15 is 0 Å². The molecular weight excluding hydrogens is 369 g/mol. The molecule has 3 rings (SSSR count). The van der Waals surface area contributed by atoms with Gasteiger partial charge in [-0.2, -0.15) is 0 Å². The van der Waals surface area contributed by atoms with Crippen LogP contribution in [0.4, 0.5) is 0 Å². The van der Waals surface area contributed by atoms with Crippen molar-refractivity contribution in [3.8, 4) is 22.6 Å². The number of nitrogens with two attached hydrogens (primary N) is 1. The lowest BCUT2D eigenvalue weighted by Crippen LogP contribution is -2.11. The van der Waals surface area contributed by atoms with Gasteiger partial charge >= 0.3 is 0 Å². The molecule has 0 aliphatic carbocycles. The Morgan fingerprint density at radius 2 is 1.54 bits per heavy atom. The van der Waals surface area contributed by atoms with Crippen LogP contribution in [0.1, 0.15) is 5.56 Å². The fourth-order valence-corrected chi connectivity index (χ4v) is 2.75. The van der Waals surface area contributed by atoms with Crippen LogP contribution < -0.4 is 15.2 Å². The van der Waals surface area contributed by atoms with Crippen LogP contribution >= 0.6 is 24.0 Å². The van der Waals surface area contributed by atoms with Crippen molar-refractivity contribution in [3.63, 3.8) is 0 Å². The molecule has 0 fully saturated rings. The third-order valence-corrected chi connectivity index (χ3v) is 4.07. The first-order valence-corrected chi connectivity index (χ1v) is 8.54. The minimum atomic E-state index is 0. The molecule has 0 amide bonds. The number of halogens is 2. The lowest BCUT2D eigenvalue weighted by molar-refractivity contribution is 0.266. The fraction of sp³-hybridized carbons (Fsp3) is 0.143. The topological polar surface area (TPSA) is 44.5 Å². The summed E-state index contributed by atoms with van der Waals surface area (Å²) in [4.78, 5) is 0. The molecule has 0 aliphatic heterocycles. The fourth-order valence-electron chi connectivity index (χ4n) is 2.51. The standard InChI is InChI=1S/C21H20ClNO2.ClH/c22-19-9-5-4-8-18(19)17-10-11-20(24-13-12-23)21(14-17)25-15-16-6-2-1-3-7-16;/h1-11,14H,12-13,15,23H2;1H. The van der Waals surface area contributed by atoms with E-state index in [1.807, 2.05) is 72.8 Å². The maximum absolute atomic E-state index is 6.32. The molecule has 0 aromatic heterocycles. The molecule has 0 bridgehead atoms. The van der Waals surface area contributed by atoms with Gasteiger partial charge in [0, 0.05) is 17.1 Å². The number of benzene rings is 3. The minimum Gasteiger partial charge on any atom is -0.488 e. The van der Waals surface area contributed by atoms with Crippen LogP contribution in [0.25, 0.3) is 11.1 Å². The molecule has 136 valence electrons. The Hall–Kier alpha value is -2.20. The number of ether oxygens (including phenoxy) is 2. The van der Waals surface area contributed by atoms with Gasteiger partial charge in [0.05, 0.1) is 0 Å². The van der Waals surface area contributed by atoms with E-state index in [2.05, 4.69) is 0 Å². The first kappa shape index (κ1) is 20.1. The molecule has 3 nitrogen and oxygen atoms in total. The zero-order valence-corrected chi connectivity index (χ0v) is 15.8. The van der Waals surface area contributed by atoms with Gasteiger partial charge in [-0.15, -0.1) is 12.4 Å². The quantitative estimate of drug-likeness (QED) is 0.592. The highest BCUT2D eigenvalue weighted by atomic mass is 35.5. The van der Waals surface area contributed by atoms with E-state index in [9.17, 15) is 0 Å². The summed E-state index contributed by atoms with van der Waals surface area (Å²) in [5.74, 6) is 1.35. The van der Waals surface area contributed by atoms with Crippen molar-refractivity contribution in [1.29, 1.82) is 0 Å². The SMILES string of the molecule is Cl.NCCOc1ccc(-c2ccccc2Cl)cc1OCc1ccccc1. The Labute approximate surface area is 165 Å². The number of hydrogen-bond donors (Lipinski definition) is 1. The van der Waals surface area contributed by atoms with Crippen molar-refractivity contribution in [2.24, 2.45) is 5.73 Å². The van der Waals surface area contributed by atoms with Crippen LogP contribution in [0.3, 0.4) is 0 Å². The highest BCUT2D eigenvalue weighted by Gasteiger charge is 2.10. The average molecular weight is 390 g/mol. The Kier molecular flexibility index (Phi) is 7.79. The van der Waals surface area contributed by atoms with Gasteiger partial charge in [0.2, 0.25) is 0 Å². The lowest BCUT2D eigenvalue weighted by atomic mass is 10.1. The van der Waals surface area contributed by atoms with Gasteiger partial charge in [-0.3, -0.25) is 0 Å². The van der Waals surface area contributed by atoms with E-state index in [-0.39, 0.29) is 12.4 Å². The van der Waals surface area contributed by atoms with Gasteiger partial charge in [-0.1, -0.05) is 66.2 Å². The smallest absolute Gasteiger partial charge is 0.162 e. The van der Waals surface area contributed by atoms with E-state index in [1.54, 1.807) is 0 Å². The summed E-state index contributed by atoms with van der Waals surface area (Å²) in [6, 6.07) is 23.6. The summed E-state index contributed by atoms with van der Waals surface area (Å²) in [5, 5.41) is 0.701. The molecule has 0 aliphatic rings. The van der Waals surface area contributed by atoms with Crippen LogP contribution in [-0.2, 0) is 6.61 Å². The maximum Gasteiger partial charge on any atom is 0.162 e. The second-order valence-electron chi connectivity index (χ2n) is 5.55. The summed E-state index contributed by atoms with van der Waals surface area (Å²) in [6.07, 6.45) is 0. The van der Waals surface area contributed by atoms with Gasteiger partial charge < -0.3 is 15.2 Å². The Morgan fingerprint density at radius 3 is 2.27 bits per heavy atom. The van der Waals surface area contributed by atoms with Crippen LogP contribution in [0, 0.1) is 0 Å². The molecule has 0 saturated heterocycles. The second-order valence-corrected chi connectivity index (χ2v) is 5.96. The minimum absolute atomic E-state index is 0. The van der Waals surface area contributed by atoms with Crippen molar-refractivity contribution < 1.29 is 9.47 Å². The van der Waals surface area contributed by atoms with Crippen LogP contribution in [0.2, 0.25) is 5.02 Å². The van der Waals surface area contributed by atoms with E-state index < -0.39 is 0 Å². The van der Waals surface area contributed by atoms with Gasteiger partial charge in [0.25, 0.3) is 0 Å². The predicted octanol–water partition coefficient (Wildman–Crippen LogP) is 5.35. The molecule has 0 heterocycles. The lowest BCUT2D eigenvalue weighted by Gasteiger charge is -2.14. The van der Waals surface area contributed by atoms with Crippen LogP contribution in [-0.4, -0.2) is 13.2 Å². The Bertz CT molecular complexity index is 825. The Balaban J connectivity index is 0.00000243. The van der Waals surface area contributed by atoms with E-state index in [1.165, 1.54) is 0 Å². The first-order valence-electron chi connectivity index (χ1n) is 8.16. The van der Waals surface area contributed by atoms with Crippen molar-refractivity contribution in [3.05, 3.63) is 83.4 Å². The molecular formula is C21H21Cl2NO2. The molecule has 0 spiro atoms. The monoisotopic (exact) mass is 389 g/mol. The van der Waals surface area contributed by atoms with Crippen LogP contribution in [0.5, 0.6) is 11.5 Å². The number of hydrogen-bond acceptors (Lipinski definition) is 3. The molecule has 26 heavy (non-hydrogen) atoms. The molecule has 3 aromatic carbocycles. The highest BCUT2D eigenvalue weighted by molar-refractivity contribution is 6.33. The zero-order chi connectivity index (χ0) is 17.5. The van der Waals surface area contributed by atoms with Gasteiger partial charge in [0.1, 0.15) is 13.2 Å². The molecule has 0 saturated carbocycles. The normalized spacial score (nSPS) is 10.1. The predicted molar refractivity (Wildman–Crippen MR) is 109 cm³/mol. The average Bonchev–Trinajstić information content (AvgIpc) is 2.66. The molecule has 5 heteroatoms. The molecule has 0 radical (unpaired) electrons. The zero-order valence-electron chi connectivity index (χ0n) is 14.2. The third-order valence-electron chi connectivity index (χ3n) is 3.74. The second kappa shape index (κ2) is 10.1. The van der Waals surface area contributed by atoms with Gasteiger partial charge in [-0.05, 0) is 29.3 Å². The largest absolute Gasteiger partial charge is 0.488 e. The number of rotatable bonds is 7. The third kappa shape index (κ3) is 5.15.